The fourth-order valence-corrected chi connectivity index (χ4v) is 3.40. The van der Waals surface area contributed by atoms with Crippen LogP contribution in [0, 0.1) is 5.41 Å². The second-order valence-corrected chi connectivity index (χ2v) is 7.70. The lowest BCUT2D eigenvalue weighted by atomic mass is 9.61. The Labute approximate surface area is 129 Å². The van der Waals surface area contributed by atoms with Crippen LogP contribution < -0.4 is 4.74 Å². The summed E-state index contributed by atoms with van der Waals surface area (Å²) < 4.78 is 43.3. The summed E-state index contributed by atoms with van der Waals surface area (Å²) in [4.78, 5) is 2.46. The molecule has 0 aromatic heterocycles. The number of benzene rings is 1. The van der Waals surface area contributed by atoms with Gasteiger partial charge in [0.1, 0.15) is 5.75 Å². The van der Waals surface area contributed by atoms with Crippen LogP contribution in [0.3, 0.4) is 0 Å². The zero-order valence-electron chi connectivity index (χ0n) is 13.2. The van der Waals surface area contributed by atoms with E-state index in [1.54, 1.807) is 0 Å². The molecule has 0 atom stereocenters. The zero-order chi connectivity index (χ0) is 16.2. The molecule has 3 rings (SSSR count). The van der Waals surface area contributed by atoms with Gasteiger partial charge >= 0.3 is 6.18 Å². The van der Waals surface area contributed by atoms with E-state index in [1.165, 1.54) is 12.1 Å². The molecule has 0 amide bonds. The summed E-state index contributed by atoms with van der Waals surface area (Å²) in [5.41, 5.74) is -0.0428. The number of rotatable bonds is 2. The minimum Gasteiger partial charge on any atom is -0.490 e. The van der Waals surface area contributed by atoms with Crippen molar-refractivity contribution in [3.05, 3.63) is 29.8 Å². The summed E-state index contributed by atoms with van der Waals surface area (Å²) in [6, 6.07) is 4.98. The lowest BCUT2D eigenvalue weighted by Gasteiger charge is -2.62. The normalized spacial score (nSPS) is 22.3. The summed E-state index contributed by atoms with van der Waals surface area (Å²) in [5, 5.41) is 0. The lowest BCUT2D eigenvalue weighted by Crippen LogP contribution is -2.68. The van der Waals surface area contributed by atoms with Crippen molar-refractivity contribution in [3.8, 4) is 5.75 Å². The summed E-state index contributed by atoms with van der Waals surface area (Å²) in [5.74, 6) is 0.528. The third-order valence-electron chi connectivity index (χ3n) is 4.81. The average molecular weight is 313 g/mol. The maximum atomic E-state index is 12.5. The Morgan fingerprint density at radius 2 is 1.59 bits per heavy atom. The minimum atomic E-state index is -4.29. The van der Waals surface area contributed by atoms with Gasteiger partial charge in [-0.3, -0.25) is 4.90 Å². The highest BCUT2D eigenvalue weighted by molar-refractivity contribution is 5.29. The van der Waals surface area contributed by atoms with Crippen molar-refractivity contribution in [2.75, 3.05) is 13.1 Å². The third-order valence-corrected chi connectivity index (χ3v) is 4.81. The first-order chi connectivity index (χ1) is 10.1. The van der Waals surface area contributed by atoms with E-state index in [0.717, 1.165) is 38.1 Å². The Balaban J connectivity index is 1.49. The third kappa shape index (κ3) is 2.96. The Hall–Kier alpha value is -1.23. The molecule has 0 bridgehead atoms. The van der Waals surface area contributed by atoms with E-state index in [1.807, 2.05) is 0 Å². The van der Waals surface area contributed by atoms with Crippen molar-refractivity contribution < 1.29 is 17.9 Å². The largest absolute Gasteiger partial charge is 0.490 e. The average Bonchev–Trinajstić information content (AvgIpc) is 2.28. The maximum Gasteiger partial charge on any atom is 0.416 e. The number of likely N-dealkylation sites (tertiary alicyclic amines) is 1. The van der Waals surface area contributed by atoms with E-state index in [-0.39, 0.29) is 11.6 Å². The first-order valence-electron chi connectivity index (χ1n) is 7.66. The van der Waals surface area contributed by atoms with E-state index in [0.29, 0.717) is 11.2 Å². The molecule has 2 fully saturated rings. The van der Waals surface area contributed by atoms with Gasteiger partial charge in [0, 0.05) is 24.0 Å². The first-order valence-corrected chi connectivity index (χ1v) is 7.66. The van der Waals surface area contributed by atoms with Crippen LogP contribution in [0.4, 0.5) is 13.2 Å². The van der Waals surface area contributed by atoms with E-state index in [4.69, 9.17) is 4.74 Å². The SMILES string of the molecule is CC(C)(C)N1CC2(CC(Oc3ccc(C(F)(F)F)cc3)C2)C1. The fourth-order valence-electron chi connectivity index (χ4n) is 3.40. The number of hydrogen-bond donors (Lipinski definition) is 0. The van der Waals surface area contributed by atoms with Crippen molar-refractivity contribution in [3.63, 3.8) is 0 Å². The first kappa shape index (κ1) is 15.7. The molecule has 1 saturated heterocycles. The molecule has 0 radical (unpaired) electrons. The second kappa shape index (κ2) is 4.88. The van der Waals surface area contributed by atoms with Crippen LogP contribution in [-0.2, 0) is 6.18 Å². The van der Waals surface area contributed by atoms with Gasteiger partial charge in [0.25, 0.3) is 0 Å². The van der Waals surface area contributed by atoms with Gasteiger partial charge in [-0.25, -0.2) is 0 Å². The molecule has 2 nitrogen and oxygen atoms in total. The van der Waals surface area contributed by atoms with Crippen molar-refractivity contribution in [1.29, 1.82) is 0 Å². The van der Waals surface area contributed by atoms with Crippen LogP contribution in [0.15, 0.2) is 24.3 Å². The number of nitrogens with zero attached hydrogens (tertiary/aromatic N) is 1. The molecule has 122 valence electrons. The van der Waals surface area contributed by atoms with E-state index < -0.39 is 11.7 Å². The Morgan fingerprint density at radius 1 is 1.05 bits per heavy atom. The second-order valence-electron chi connectivity index (χ2n) is 7.70. The predicted molar refractivity (Wildman–Crippen MR) is 78.9 cm³/mol. The van der Waals surface area contributed by atoms with Crippen LogP contribution in [0.2, 0.25) is 0 Å². The molecule has 1 spiro atoms. The Kier molecular flexibility index (Phi) is 3.47. The molecular formula is C17H22F3NO. The molecule has 22 heavy (non-hydrogen) atoms. The zero-order valence-corrected chi connectivity index (χ0v) is 13.2. The molecule has 1 aromatic carbocycles. The van der Waals surface area contributed by atoms with Crippen molar-refractivity contribution in [2.24, 2.45) is 5.41 Å². The van der Waals surface area contributed by atoms with Crippen molar-refractivity contribution >= 4 is 0 Å². The van der Waals surface area contributed by atoms with Crippen LogP contribution in [0.5, 0.6) is 5.75 Å². The maximum absolute atomic E-state index is 12.5. The molecule has 0 N–H and O–H groups in total. The van der Waals surface area contributed by atoms with Gasteiger partial charge in [0.15, 0.2) is 0 Å². The summed E-state index contributed by atoms with van der Waals surface area (Å²) >= 11 is 0. The molecule has 1 saturated carbocycles. The van der Waals surface area contributed by atoms with E-state index in [9.17, 15) is 13.2 Å². The van der Waals surface area contributed by atoms with E-state index in [2.05, 4.69) is 25.7 Å². The van der Waals surface area contributed by atoms with Gasteiger partial charge in [0.05, 0.1) is 11.7 Å². The molecule has 1 aromatic rings. The Bertz CT molecular complexity index is 531. The molecule has 1 heterocycles. The highest BCUT2D eigenvalue weighted by Crippen LogP contribution is 2.51. The van der Waals surface area contributed by atoms with Crippen LogP contribution in [-0.4, -0.2) is 29.6 Å². The standard InChI is InChI=1S/C17H22F3NO/c1-15(2,3)21-10-16(11-21)8-14(9-16)22-13-6-4-12(5-7-13)17(18,19)20/h4-7,14H,8-11H2,1-3H3. The summed E-state index contributed by atoms with van der Waals surface area (Å²) in [6.45, 7) is 8.85. The van der Waals surface area contributed by atoms with Gasteiger partial charge in [-0.2, -0.15) is 13.2 Å². The molecule has 0 unspecified atom stereocenters. The monoisotopic (exact) mass is 313 g/mol. The molecule has 5 heteroatoms. The smallest absolute Gasteiger partial charge is 0.416 e. The highest BCUT2D eigenvalue weighted by Gasteiger charge is 2.55. The van der Waals surface area contributed by atoms with E-state index >= 15 is 0 Å². The fraction of sp³-hybridized carbons (Fsp3) is 0.647. The summed E-state index contributed by atoms with van der Waals surface area (Å²) in [6.07, 6.45) is -2.15. The van der Waals surface area contributed by atoms with Gasteiger partial charge < -0.3 is 4.74 Å². The van der Waals surface area contributed by atoms with Gasteiger partial charge in [0.2, 0.25) is 0 Å². The molecule has 1 aliphatic heterocycles. The van der Waals surface area contributed by atoms with Crippen molar-refractivity contribution in [1.82, 2.24) is 4.90 Å². The number of halogens is 3. The van der Waals surface area contributed by atoms with Crippen LogP contribution >= 0.6 is 0 Å². The predicted octanol–water partition coefficient (Wildman–Crippen LogP) is 4.35. The molecular weight excluding hydrogens is 291 g/mol. The molecule has 2 aliphatic rings. The number of hydrogen-bond acceptors (Lipinski definition) is 2. The summed E-state index contributed by atoms with van der Waals surface area (Å²) in [7, 11) is 0. The quantitative estimate of drug-likeness (QED) is 0.805. The van der Waals surface area contributed by atoms with Crippen LogP contribution in [0.1, 0.15) is 39.2 Å². The number of alkyl halides is 3. The van der Waals surface area contributed by atoms with Gasteiger partial charge in [-0.05, 0) is 57.9 Å². The number of ether oxygens (including phenoxy) is 1. The van der Waals surface area contributed by atoms with Gasteiger partial charge in [-0.1, -0.05) is 0 Å². The Morgan fingerprint density at radius 3 is 2.05 bits per heavy atom. The van der Waals surface area contributed by atoms with Gasteiger partial charge in [-0.15, -0.1) is 0 Å². The lowest BCUT2D eigenvalue weighted by molar-refractivity contribution is -0.147. The van der Waals surface area contributed by atoms with Crippen molar-refractivity contribution in [2.45, 2.75) is 51.4 Å². The molecule has 1 aliphatic carbocycles. The van der Waals surface area contributed by atoms with Crippen LogP contribution in [0.25, 0.3) is 0 Å². The minimum absolute atomic E-state index is 0.138. The topological polar surface area (TPSA) is 12.5 Å². The highest BCUT2D eigenvalue weighted by atomic mass is 19.4.